The summed E-state index contributed by atoms with van der Waals surface area (Å²) in [7, 11) is 0. The van der Waals surface area contributed by atoms with E-state index >= 15 is 0 Å². The van der Waals surface area contributed by atoms with Crippen LogP contribution in [0.5, 0.6) is 0 Å². The quantitative estimate of drug-likeness (QED) is 0.741. The van der Waals surface area contributed by atoms with Gasteiger partial charge in [-0.2, -0.15) is 0 Å². The molecular weight excluding hydrogens is 359 g/mol. The van der Waals surface area contributed by atoms with Gasteiger partial charge in [-0.3, -0.25) is 4.79 Å². The highest BCUT2D eigenvalue weighted by atomic mass is 32.1. The molecule has 4 rings (SSSR count). The van der Waals surface area contributed by atoms with Crippen LogP contribution in [0.3, 0.4) is 0 Å². The van der Waals surface area contributed by atoms with E-state index in [1.807, 2.05) is 5.38 Å². The average Bonchev–Trinajstić information content (AvgIpc) is 3.30. The Morgan fingerprint density at radius 3 is 3.19 bits per heavy atom. The summed E-state index contributed by atoms with van der Waals surface area (Å²) in [5.41, 5.74) is 3.07. The Kier molecular flexibility index (Phi) is 4.96. The molecule has 0 bridgehead atoms. The molecule has 0 radical (unpaired) electrons. The number of carbonyl (C=O) groups excluding carboxylic acids is 1. The van der Waals surface area contributed by atoms with Gasteiger partial charge in [0.1, 0.15) is 17.5 Å². The van der Waals surface area contributed by atoms with Crippen LogP contribution in [0.15, 0.2) is 39.6 Å². The fraction of sp³-hybridized carbons (Fsp3) is 0.333. The number of amides is 1. The Labute approximate surface area is 152 Å². The van der Waals surface area contributed by atoms with Crippen LogP contribution in [-0.4, -0.2) is 36.3 Å². The second-order valence-corrected chi connectivity index (χ2v) is 6.78. The number of thiazole rings is 1. The number of ether oxygens (including phenoxy) is 2. The fourth-order valence-corrected chi connectivity index (χ4v) is 3.45. The van der Waals surface area contributed by atoms with Gasteiger partial charge in [-0.25, -0.2) is 9.37 Å². The summed E-state index contributed by atoms with van der Waals surface area (Å²) in [4.78, 5) is 16.7. The van der Waals surface area contributed by atoms with Crippen molar-refractivity contribution in [1.82, 2.24) is 10.3 Å². The molecule has 1 N–H and O–H groups in total. The van der Waals surface area contributed by atoms with E-state index in [4.69, 9.17) is 13.9 Å². The number of halogens is 1. The minimum Gasteiger partial charge on any atom is -0.451 e. The Hall–Kier alpha value is -2.29. The maximum Gasteiger partial charge on any atom is 0.287 e. The summed E-state index contributed by atoms with van der Waals surface area (Å²) in [6.45, 7) is 1.32. The summed E-state index contributed by atoms with van der Waals surface area (Å²) in [5, 5.41) is 5.42. The van der Waals surface area contributed by atoms with Crippen molar-refractivity contribution < 1.29 is 23.1 Å². The molecule has 1 amide bonds. The lowest BCUT2D eigenvalue weighted by Crippen LogP contribution is -2.49. The molecule has 1 aliphatic rings. The van der Waals surface area contributed by atoms with Gasteiger partial charge in [-0.15, -0.1) is 11.3 Å². The third kappa shape index (κ3) is 3.77. The Morgan fingerprint density at radius 2 is 2.35 bits per heavy atom. The first-order valence-electron chi connectivity index (χ1n) is 8.25. The molecule has 0 saturated carbocycles. The first-order valence-corrected chi connectivity index (χ1v) is 9.20. The highest BCUT2D eigenvalue weighted by molar-refractivity contribution is 7.07. The Morgan fingerprint density at radius 1 is 1.42 bits per heavy atom. The number of carbonyl (C=O) groups is 1. The molecule has 136 valence electrons. The molecule has 8 heteroatoms. The van der Waals surface area contributed by atoms with E-state index in [0.717, 1.165) is 5.69 Å². The van der Waals surface area contributed by atoms with Gasteiger partial charge in [0.25, 0.3) is 5.91 Å². The zero-order valence-electron chi connectivity index (χ0n) is 13.8. The average molecular weight is 376 g/mol. The summed E-state index contributed by atoms with van der Waals surface area (Å²) in [6, 6.07) is 5.49. The minimum absolute atomic E-state index is 0.148. The third-order valence-electron chi connectivity index (χ3n) is 4.25. The maximum absolute atomic E-state index is 13.3. The van der Waals surface area contributed by atoms with Crippen LogP contribution in [0.4, 0.5) is 4.39 Å². The van der Waals surface area contributed by atoms with Crippen molar-refractivity contribution in [2.45, 2.75) is 25.2 Å². The number of furan rings is 1. The zero-order valence-corrected chi connectivity index (χ0v) is 14.6. The molecule has 0 unspecified atom stereocenters. The van der Waals surface area contributed by atoms with Gasteiger partial charge in [0, 0.05) is 17.4 Å². The number of rotatable bonds is 5. The maximum atomic E-state index is 13.3. The fourth-order valence-electron chi connectivity index (χ4n) is 2.91. The Bertz CT molecular complexity index is 896. The van der Waals surface area contributed by atoms with Crippen LogP contribution >= 0.6 is 11.3 Å². The molecule has 2 atom stereocenters. The highest BCUT2D eigenvalue weighted by Gasteiger charge is 2.29. The van der Waals surface area contributed by atoms with E-state index in [9.17, 15) is 9.18 Å². The van der Waals surface area contributed by atoms with Crippen molar-refractivity contribution in [1.29, 1.82) is 0 Å². The first-order chi connectivity index (χ1) is 12.7. The van der Waals surface area contributed by atoms with Crippen LogP contribution in [0.1, 0.15) is 22.7 Å². The normalized spacial score (nSPS) is 20.3. The van der Waals surface area contributed by atoms with Crippen molar-refractivity contribution in [3.63, 3.8) is 0 Å². The molecule has 1 fully saturated rings. The van der Waals surface area contributed by atoms with E-state index in [-0.39, 0.29) is 29.6 Å². The molecule has 26 heavy (non-hydrogen) atoms. The van der Waals surface area contributed by atoms with Crippen molar-refractivity contribution >= 4 is 28.2 Å². The number of hydrogen-bond acceptors (Lipinski definition) is 6. The molecule has 3 heterocycles. The largest absolute Gasteiger partial charge is 0.451 e. The lowest BCUT2D eigenvalue weighted by Gasteiger charge is -2.31. The topological polar surface area (TPSA) is 73.6 Å². The zero-order chi connectivity index (χ0) is 17.9. The second kappa shape index (κ2) is 7.53. The van der Waals surface area contributed by atoms with Crippen LogP contribution < -0.4 is 5.32 Å². The summed E-state index contributed by atoms with van der Waals surface area (Å²) < 4.78 is 30.2. The third-order valence-corrected chi connectivity index (χ3v) is 4.89. The van der Waals surface area contributed by atoms with Crippen LogP contribution in [0.25, 0.3) is 11.0 Å². The van der Waals surface area contributed by atoms with Crippen LogP contribution in [0.2, 0.25) is 0 Å². The van der Waals surface area contributed by atoms with Crippen molar-refractivity contribution in [3.8, 4) is 0 Å². The summed E-state index contributed by atoms with van der Waals surface area (Å²) in [6.07, 6.45) is 0.374. The number of hydrogen-bond donors (Lipinski definition) is 1. The van der Waals surface area contributed by atoms with Gasteiger partial charge < -0.3 is 19.2 Å². The van der Waals surface area contributed by atoms with Crippen molar-refractivity contribution in [3.05, 3.63) is 52.4 Å². The molecule has 3 aromatic rings. The van der Waals surface area contributed by atoms with Gasteiger partial charge in [0.15, 0.2) is 5.76 Å². The van der Waals surface area contributed by atoms with Gasteiger partial charge in [0.2, 0.25) is 0 Å². The molecule has 0 spiro atoms. The van der Waals surface area contributed by atoms with Crippen LogP contribution in [-0.2, 0) is 16.1 Å². The Balaban J connectivity index is 1.43. The van der Waals surface area contributed by atoms with Gasteiger partial charge in [0.05, 0.1) is 30.5 Å². The SMILES string of the molecule is O=C(N[C@@H]1CCOC[C@H]1OCc1cscn1)c1cc2cc(F)ccc2o1. The molecule has 1 aliphatic heterocycles. The molecule has 1 saturated heterocycles. The van der Waals surface area contributed by atoms with Crippen LogP contribution in [0, 0.1) is 5.82 Å². The second-order valence-electron chi connectivity index (χ2n) is 6.07. The van der Waals surface area contributed by atoms with E-state index in [0.29, 0.717) is 37.2 Å². The van der Waals surface area contributed by atoms with E-state index in [1.54, 1.807) is 5.51 Å². The van der Waals surface area contributed by atoms with E-state index in [1.165, 1.54) is 35.6 Å². The molecular formula is C18H17FN2O4S. The number of nitrogens with one attached hydrogen (secondary N) is 1. The number of nitrogens with zero attached hydrogens (tertiary/aromatic N) is 1. The van der Waals surface area contributed by atoms with Gasteiger partial charge >= 0.3 is 0 Å². The first kappa shape index (κ1) is 17.1. The predicted molar refractivity (Wildman–Crippen MR) is 93.6 cm³/mol. The smallest absolute Gasteiger partial charge is 0.287 e. The monoisotopic (exact) mass is 376 g/mol. The van der Waals surface area contributed by atoms with Gasteiger partial charge in [-0.1, -0.05) is 0 Å². The molecule has 6 nitrogen and oxygen atoms in total. The van der Waals surface area contributed by atoms with Gasteiger partial charge in [-0.05, 0) is 30.7 Å². The predicted octanol–water partition coefficient (Wildman–Crippen LogP) is 3.13. The molecule has 0 aliphatic carbocycles. The van der Waals surface area contributed by atoms with E-state index in [2.05, 4.69) is 10.3 Å². The molecule has 1 aromatic carbocycles. The molecule has 2 aromatic heterocycles. The number of fused-ring (bicyclic) bond motifs is 1. The van der Waals surface area contributed by atoms with Crippen molar-refractivity contribution in [2.24, 2.45) is 0 Å². The number of benzene rings is 1. The lowest BCUT2D eigenvalue weighted by atomic mass is 10.1. The number of aromatic nitrogens is 1. The van der Waals surface area contributed by atoms with E-state index < -0.39 is 0 Å². The summed E-state index contributed by atoms with van der Waals surface area (Å²) in [5.74, 6) is -0.573. The van der Waals surface area contributed by atoms with Crippen molar-refractivity contribution in [2.75, 3.05) is 13.2 Å². The minimum atomic E-state index is -0.370. The summed E-state index contributed by atoms with van der Waals surface area (Å²) >= 11 is 1.51. The lowest BCUT2D eigenvalue weighted by molar-refractivity contribution is -0.0743. The standard InChI is InChI=1S/C18H17FN2O4S/c19-12-1-2-15-11(5-12)6-16(25-15)18(22)21-14-3-4-23-8-17(14)24-7-13-9-26-10-20-13/h1-2,5-6,9-10,14,17H,3-4,7-8H2,(H,21,22)/t14-,17-/m1/s1. The highest BCUT2D eigenvalue weighted by Crippen LogP contribution is 2.21.